The number of benzene rings is 14. The molecule has 0 bridgehead atoms. The van der Waals surface area contributed by atoms with Crippen LogP contribution >= 0.6 is 0 Å². The van der Waals surface area contributed by atoms with E-state index in [0.717, 1.165) is 0 Å². The van der Waals surface area contributed by atoms with E-state index < -0.39 is 0 Å². The molecule has 84 heavy (non-hydrogen) atoms. The lowest BCUT2D eigenvalue weighted by molar-refractivity contribution is 1.46. The fourth-order valence-electron chi connectivity index (χ4n) is 11.0. The number of fused-ring (bicyclic) bond motifs is 18. The Morgan fingerprint density at radius 3 is 0.500 bits per heavy atom. The summed E-state index contributed by atoms with van der Waals surface area (Å²) in [6.07, 6.45) is 0. The summed E-state index contributed by atoms with van der Waals surface area (Å²) in [5.74, 6) is 0. The molecule has 384 valence electrons. The second-order valence-corrected chi connectivity index (χ2v) is 19.5. The first-order valence-electron chi connectivity index (χ1n) is 26.5. The fourth-order valence-corrected chi connectivity index (χ4v) is 11.0. The van der Waals surface area contributed by atoms with Crippen molar-refractivity contribution in [3.8, 4) is 48.6 Å². The van der Waals surface area contributed by atoms with Crippen LogP contribution in [-0.4, -0.2) is 0 Å². The topological polar surface area (TPSA) is 190 Å². The van der Waals surface area contributed by atoms with Crippen LogP contribution < -0.4 is 20.9 Å². The summed E-state index contributed by atoms with van der Waals surface area (Å²) >= 11 is 0. The van der Waals surface area contributed by atoms with Crippen LogP contribution in [0.3, 0.4) is 0 Å². The van der Waals surface area contributed by atoms with Crippen LogP contribution in [0.1, 0.15) is 0 Å². The summed E-state index contributed by atoms with van der Waals surface area (Å²) < 4.78 is 0. The highest BCUT2D eigenvalue weighted by molar-refractivity contribution is 6.33. The second kappa shape index (κ2) is 23.6. The number of rotatable bonds is 0. The van der Waals surface area contributed by atoms with E-state index in [4.69, 9.17) is 42.1 Å². The van der Waals surface area contributed by atoms with Gasteiger partial charge in [-0.2, -0.15) is 42.1 Å². The lowest BCUT2D eigenvalue weighted by atomic mass is 9.91. The molecule has 0 atom stereocenters. The maximum Gasteiger partial charge on any atom is 0.136 e. The molecule has 0 radical (unpaired) electrons. The van der Waals surface area contributed by atoms with Crippen LogP contribution in [0.4, 0.5) is 0 Å². The van der Waals surface area contributed by atoms with Gasteiger partial charge in [0.25, 0.3) is 0 Å². The quantitative estimate of drug-likeness (QED) is 0.134. The molecule has 14 aromatic rings. The fraction of sp³-hybridized carbons (Fsp3) is 0. The van der Waals surface area contributed by atoms with E-state index in [9.17, 15) is 0 Å². The molecule has 0 unspecified atom stereocenters. The summed E-state index contributed by atoms with van der Waals surface area (Å²) in [5.41, 5.74) is 0.00746. The number of hydrogen-bond acceptors (Lipinski definition) is 8. The van der Waals surface area contributed by atoms with Gasteiger partial charge >= 0.3 is 0 Å². The van der Waals surface area contributed by atoms with Gasteiger partial charge < -0.3 is 0 Å². The third kappa shape index (κ3) is 9.98. The largest absolute Gasteiger partial charge is 0.192 e. The average Bonchev–Trinajstić information content (AvgIpc) is 1.20. The Labute approximate surface area is 481 Å². The zero-order valence-corrected chi connectivity index (χ0v) is 44.7. The van der Waals surface area contributed by atoms with Crippen LogP contribution in [-0.2, 0) is 0 Å². The SMILES string of the molecule is N#CC(C#N)=c1ccc(=C(C#N)C#N)cc1.N#CC(C#N)=c1ccc(=C(C#N)C#N)cc1.c1ccc2c(c1)ccc1ccc3ccc4ccc5ccccc5c4c3c12.c1ccc2c(c1)ccc1ccc3ccc4ccc5ccccc5c4c3c12. The van der Waals surface area contributed by atoms with Crippen molar-refractivity contribution in [1.29, 1.82) is 42.1 Å². The molecule has 8 heteroatoms. The summed E-state index contributed by atoms with van der Waals surface area (Å²) in [6.45, 7) is 0. The summed E-state index contributed by atoms with van der Waals surface area (Å²) in [7, 11) is 0. The smallest absolute Gasteiger partial charge is 0.136 e. The standard InChI is InChI=1S/2C26H16.2C12H4N4/c2*1-3-7-22-17(5-1)9-11-19-13-15-21-16-14-20-12-10-18-6-2-4-8-23(18)25(20)26(21)24(19)22;2*13-5-11(6-14)9-1-2-10(4-3-9)12(7-15)8-16/h2*1-16H;2*1-4H. The van der Waals surface area contributed by atoms with Crippen molar-refractivity contribution in [3.63, 3.8) is 0 Å². The van der Waals surface area contributed by atoms with Crippen molar-refractivity contribution in [3.05, 3.63) is 264 Å². The number of hydrogen-bond donors (Lipinski definition) is 0. The maximum absolute atomic E-state index is 8.63. The number of nitriles is 8. The van der Waals surface area contributed by atoms with E-state index >= 15 is 0 Å². The van der Waals surface area contributed by atoms with E-state index in [0.29, 0.717) is 20.9 Å². The second-order valence-electron chi connectivity index (χ2n) is 19.5. The van der Waals surface area contributed by atoms with Crippen LogP contribution in [0, 0.1) is 90.6 Å². The molecule has 0 aliphatic rings. The van der Waals surface area contributed by atoms with E-state index in [1.54, 1.807) is 48.6 Å². The zero-order chi connectivity index (χ0) is 58.1. The molecule has 0 N–H and O–H groups in total. The van der Waals surface area contributed by atoms with Crippen molar-refractivity contribution < 1.29 is 0 Å². The highest BCUT2D eigenvalue weighted by atomic mass is 14.3. The predicted octanol–water partition coefficient (Wildman–Crippen LogP) is 15.1. The van der Waals surface area contributed by atoms with E-state index in [2.05, 4.69) is 194 Å². The predicted molar refractivity (Wildman–Crippen MR) is 338 cm³/mol. The number of nitrogens with zero attached hydrogens (tertiary/aromatic N) is 8. The van der Waals surface area contributed by atoms with Gasteiger partial charge in [0.1, 0.15) is 70.8 Å². The Morgan fingerprint density at radius 2 is 0.321 bits per heavy atom. The molecule has 0 fully saturated rings. The minimum absolute atomic E-state index is 0.00187. The van der Waals surface area contributed by atoms with E-state index in [1.807, 2.05) is 0 Å². The van der Waals surface area contributed by atoms with Crippen LogP contribution in [0.5, 0.6) is 0 Å². The molecule has 8 nitrogen and oxygen atoms in total. The van der Waals surface area contributed by atoms with Crippen molar-refractivity contribution >= 4 is 130 Å². The highest BCUT2D eigenvalue weighted by Gasteiger charge is 2.13. The molecular weight excluding hydrogens is 1020 g/mol. The maximum atomic E-state index is 8.63. The van der Waals surface area contributed by atoms with Crippen molar-refractivity contribution in [1.82, 2.24) is 0 Å². The van der Waals surface area contributed by atoms with Crippen molar-refractivity contribution in [2.75, 3.05) is 0 Å². The minimum atomic E-state index is 0.00187. The van der Waals surface area contributed by atoms with Gasteiger partial charge in [0.15, 0.2) is 0 Å². The van der Waals surface area contributed by atoms with Crippen molar-refractivity contribution in [2.45, 2.75) is 0 Å². The van der Waals surface area contributed by atoms with Gasteiger partial charge in [-0.05, 0) is 108 Å². The lowest BCUT2D eigenvalue weighted by Gasteiger charge is -2.13. The first-order valence-corrected chi connectivity index (χ1v) is 26.5. The third-order valence-corrected chi connectivity index (χ3v) is 15.0. The molecule has 0 amide bonds. The molecule has 0 saturated carbocycles. The minimum Gasteiger partial charge on any atom is -0.192 e. The molecule has 0 spiro atoms. The Kier molecular flexibility index (Phi) is 14.9. The highest BCUT2D eigenvalue weighted by Crippen LogP contribution is 2.41. The zero-order valence-electron chi connectivity index (χ0n) is 44.7. The third-order valence-electron chi connectivity index (χ3n) is 15.0. The monoisotopic (exact) mass is 1060 g/mol. The summed E-state index contributed by atoms with van der Waals surface area (Å²) in [5, 5.41) is 97.5. The van der Waals surface area contributed by atoms with Gasteiger partial charge in [-0.1, -0.05) is 243 Å². The molecule has 0 aromatic heterocycles. The van der Waals surface area contributed by atoms with Gasteiger partial charge in [0.2, 0.25) is 0 Å². The Bertz CT molecular complexity index is 4910. The normalized spacial score (nSPS) is 10.3. The molecule has 0 aliphatic heterocycles. The Balaban J connectivity index is 0.000000121. The van der Waals surface area contributed by atoms with Gasteiger partial charge in [0, 0.05) is 20.9 Å². The summed E-state index contributed by atoms with van der Waals surface area (Å²) in [4.78, 5) is 0. The summed E-state index contributed by atoms with van der Waals surface area (Å²) in [6, 6.07) is 97.2. The van der Waals surface area contributed by atoms with E-state index in [-0.39, 0.29) is 22.3 Å². The molecule has 0 heterocycles. The van der Waals surface area contributed by atoms with Crippen LogP contribution in [0.2, 0.25) is 0 Å². The molecular formula is C76H40N8. The average molecular weight is 1070 g/mol. The van der Waals surface area contributed by atoms with Crippen LogP contribution in [0.25, 0.3) is 130 Å². The van der Waals surface area contributed by atoms with E-state index in [1.165, 1.54) is 156 Å². The Morgan fingerprint density at radius 1 is 0.167 bits per heavy atom. The van der Waals surface area contributed by atoms with Crippen LogP contribution in [0.15, 0.2) is 243 Å². The first kappa shape index (κ1) is 53.1. The molecule has 0 aliphatic carbocycles. The van der Waals surface area contributed by atoms with Gasteiger partial charge in [-0.15, -0.1) is 0 Å². The van der Waals surface area contributed by atoms with Gasteiger partial charge in [-0.3, -0.25) is 0 Å². The lowest BCUT2D eigenvalue weighted by Crippen LogP contribution is -2.11. The first-order chi connectivity index (χ1) is 41.3. The Hall–Kier alpha value is -12.9. The molecule has 0 saturated heterocycles. The van der Waals surface area contributed by atoms with Crippen molar-refractivity contribution in [2.24, 2.45) is 0 Å². The molecule has 14 rings (SSSR count). The van der Waals surface area contributed by atoms with Gasteiger partial charge in [0.05, 0.1) is 0 Å². The van der Waals surface area contributed by atoms with Gasteiger partial charge in [-0.25, -0.2) is 0 Å². The molecule has 14 aromatic carbocycles.